The molecule has 0 radical (unpaired) electrons. The van der Waals surface area contributed by atoms with E-state index in [0.29, 0.717) is 43.6 Å². The molecule has 9 heteroatoms. The Hall–Kier alpha value is -2.97. The molecule has 1 aromatic carbocycles. The van der Waals surface area contributed by atoms with E-state index in [0.717, 1.165) is 38.0 Å². The molecule has 0 atom stereocenters. The number of hydrogen-bond donors (Lipinski definition) is 3. The van der Waals surface area contributed by atoms with Crippen molar-refractivity contribution in [3.63, 3.8) is 0 Å². The second-order valence-electron chi connectivity index (χ2n) is 9.06. The molecule has 2 aliphatic heterocycles. The number of hydrogen-bond acceptors (Lipinski definition) is 5. The minimum Gasteiger partial charge on any atom is -0.490 e. The van der Waals surface area contributed by atoms with Gasteiger partial charge in [-0.15, -0.1) is 0 Å². The molecule has 0 bridgehead atoms. The smallest absolute Gasteiger partial charge is 0.242 e. The number of rotatable bonds is 6. The predicted molar refractivity (Wildman–Crippen MR) is 124 cm³/mol. The van der Waals surface area contributed by atoms with Crippen LogP contribution in [0.2, 0.25) is 0 Å². The zero-order valence-electron chi connectivity index (χ0n) is 19.3. The zero-order valence-corrected chi connectivity index (χ0v) is 19.3. The van der Waals surface area contributed by atoms with Crippen LogP contribution < -0.4 is 25.4 Å². The summed E-state index contributed by atoms with van der Waals surface area (Å²) in [5.41, 5.74) is 0.423. The highest BCUT2D eigenvalue weighted by atomic mass is 16.5. The Bertz CT molecular complexity index is 828. The van der Waals surface area contributed by atoms with Crippen molar-refractivity contribution < 1.29 is 19.1 Å². The van der Waals surface area contributed by atoms with Crippen molar-refractivity contribution in [1.82, 2.24) is 15.5 Å². The van der Waals surface area contributed by atoms with E-state index in [-0.39, 0.29) is 23.9 Å². The second-order valence-corrected chi connectivity index (χ2v) is 9.06. The first-order chi connectivity index (χ1) is 15.3. The molecule has 3 N–H and O–H groups in total. The van der Waals surface area contributed by atoms with Gasteiger partial charge in [0.25, 0.3) is 0 Å². The molecule has 9 nitrogen and oxygen atoms in total. The van der Waals surface area contributed by atoms with Gasteiger partial charge in [0.15, 0.2) is 17.5 Å². The van der Waals surface area contributed by atoms with Crippen LogP contribution in [0.5, 0.6) is 11.5 Å². The number of amides is 2. The minimum absolute atomic E-state index is 0.0305. The second kappa shape index (κ2) is 11.1. The number of carbonyl (C=O) groups is 2. The van der Waals surface area contributed by atoms with Gasteiger partial charge in [0, 0.05) is 49.8 Å². The van der Waals surface area contributed by atoms with Crippen LogP contribution in [0.4, 0.5) is 5.69 Å². The normalized spacial score (nSPS) is 16.3. The molecule has 1 aromatic rings. The van der Waals surface area contributed by atoms with Crippen molar-refractivity contribution in [2.24, 2.45) is 4.99 Å². The quantitative estimate of drug-likeness (QED) is 0.458. The molecule has 2 amide bonds. The number of nitrogens with one attached hydrogen (secondary N) is 3. The lowest BCUT2D eigenvalue weighted by Crippen LogP contribution is -2.42. The SMILES string of the molecule is CC(C)(C)NC(=O)CN=C(NCCC(=O)N1CCCC1)Nc1ccc2c(c1)OCCCO2. The van der Waals surface area contributed by atoms with Crippen LogP contribution in [0.25, 0.3) is 0 Å². The first-order valence-electron chi connectivity index (χ1n) is 11.3. The van der Waals surface area contributed by atoms with Crippen LogP contribution in [-0.2, 0) is 9.59 Å². The zero-order chi connectivity index (χ0) is 23.0. The molecule has 0 aromatic heterocycles. The van der Waals surface area contributed by atoms with Gasteiger partial charge in [0.05, 0.1) is 13.2 Å². The molecular weight excluding hydrogens is 410 g/mol. The van der Waals surface area contributed by atoms with Gasteiger partial charge in [0.2, 0.25) is 11.8 Å². The number of nitrogens with zero attached hydrogens (tertiary/aromatic N) is 2. The van der Waals surface area contributed by atoms with Crippen LogP contribution in [0, 0.1) is 0 Å². The number of aliphatic imine (C=N–C) groups is 1. The number of likely N-dealkylation sites (tertiary alicyclic amines) is 1. The third-order valence-corrected chi connectivity index (χ3v) is 5.00. The molecule has 32 heavy (non-hydrogen) atoms. The minimum atomic E-state index is -0.329. The summed E-state index contributed by atoms with van der Waals surface area (Å²) >= 11 is 0. The lowest BCUT2D eigenvalue weighted by atomic mass is 10.1. The Morgan fingerprint density at radius 1 is 1.06 bits per heavy atom. The van der Waals surface area contributed by atoms with Gasteiger partial charge in [-0.1, -0.05) is 0 Å². The van der Waals surface area contributed by atoms with Gasteiger partial charge in [-0.05, 0) is 45.7 Å². The number of benzene rings is 1. The highest BCUT2D eigenvalue weighted by Gasteiger charge is 2.18. The van der Waals surface area contributed by atoms with Crippen molar-refractivity contribution >= 4 is 23.5 Å². The number of ether oxygens (including phenoxy) is 2. The van der Waals surface area contributed by atoms with E-state index >= 15 is 0 Å². The number of anilines is 1. The Balaban J connectivity index is 1.63. The molecule has 0 spiro atoms. The average molecular weight is 446 g/mol. The summed E-state index contributed by atoms with van der Waals surface area (Å²) in [6, 6.07) is 5.57. The van der Waals surface area contributed by atoms with E-state index in [2.05, 4.69) is 20.9 Å². The molecule has 1 fully saturated rings. The van der Waals surface area contributed by atoms with Crippen LogP contribution in [0.15, 0.2) is 23.2 Å². The van der Waals surface area contributed by atoms with E-state index in [1.54, 1.807) is 0 Å². The Labute approximate surface area is 189 Å². The fourth-order valence-electron chi connectivity index (χ4n) is 3.54. The van der Waals surface area contributed by atoms with Crippen molar-refractivity contribution in [2.75, 3.05) is 44.7 Å². The molecule has 0 unspecified atom stereocenters. The van der Waals surface area contributed by atoms with Crippen molar-refractivity contribution in [2.45, 2.75) is 52.0 Å². The fourth-order valence-corrected chi connectivity index (χ4v) is 3.54. The third kappa shape index (κ3) is 7.62. The third-order valence-electron chi connectivity index (χ3n) is 5.00. The maximum Gasteiger partial charge on any atom is 0.242 e. The van der Waals surface area contributed by atoms with Gasteiger partial charge in [-0.2, -0.15) is 0 Å². The molecule has 2 heterocycles. The fraction of sp³-hybridized carbons (Fsp3) is 0.609. The van der Waals surface area contributed by atoms with Crippen LogP contribution in [0.3, 0.4) is 0 Å². The summed E-state index contributed by atoms with van der Waals surface area (Å²) in [7, 11) is 0. The number of carbonyl (C=O) groups excluding carboxylic acids is 2. The molecule has 176 valence electrons. The summed E-state index contributed by atoms with van der Waals surface area (Å²) in [5, 5.41) is 9.28. The average Bonchev–Trinajstić information content (AvgIpc) is 3.17. The molecule has 1 saturated heterocycles. The van der Waals surface area contributed by atoms with E-state index in [4.69, 9.17) is 9.47 Å². The Kier molecular flexibility index (Phi) is 8.19. The van der Waals surface area contributed by atoms with E-state index in [1.807, 2.05) is 43.9 Å². The van der Waals surface area contributed by atoms with Gasteiger partial charge >= 0.3 is 0 Å². The molecule has 0 saturated carbocycles. The van der Waals surface area contributed by atoms with Crippen molar-refractivity contribution in [1.29, 1.82) is 0 Å². The summed E-state index contributed by atoms with van der Waals surface area (Å²) in [5.74, 6) is 1.76. The van der Waals surface area contributed by atoms with Gasteiger partial charge in [0.1, 0.15) is 6.54 Å². The van der Waals surface area contributed by atoms with E-state index in [1.165, 1.54) is 0 Å². The summed E-state index contributed by atoms with van der Waals surface area (Å²) in [4.78, 5) is 30.9. The molecule has 2 aliphatic rings. The van der Waals surface area contributed by atoms with Crippen molar-refractivity contribution in [3.05, 3.63) is 18.2 Å². The first-order valence-corrected chi connectivity index (χ1v) is 11.3. The van der Waals surface area contributed by atoms with Gasteiger partial charge < -0.3 is 30.3 Å². The highest BCUT2D eigenvalue weighted by molar-refractivity contribution is 5.95. The Morgan fingerprint density at radius 3 is 2.50 bits per heavy atom. The van der Waals surface area contributed by atoms with Gasteiger partial charge in [-0.25, -0.2) is 4.99 Å². The standard InChI is InChI=1S/C23H35N5O4/c1-23(2,3)27-20(29)16-25-22(24-10-9-21(30)28-11-4-5-12-28)26-17-7-8-18-19(15-17)32-14-6-13-31-18/h7-8,15H,4-6,9-14,16H2,1-3H3,(H,27,29)(H2,24,25,26). The number of fused-ring (bicyclic) bond motifs is 1. The van der Waals surface area contributed by atoms with E-state index in [9.17, 15) is 9.59 Å². The summed E-state index contributed by atoms with van der Waals surface area (Å²) in [6.45, 7) is 9.06. The first kappa shape index (κ1) is 23.7. The summed E-state index contributed by atoms with van der Waals surface area (Å²) < 4.78 is 11.4. The monoisotopic (exact) mass is 445 g/mol. The maximum atomic E-state index is 12.3. The summed E-state index contributed by atoms with van der Waals surface area (Å²) in [6.07, 6.45) is 3.34. The van der Waals surface area contributed by atoms with Crippen LogP contribution in [0.1, 0.15) is 46.5 Å². The lowest BCUT2D eigenvalue weighted by molar-refractivity contribution is -0.130. The molecule has 3 rings (SSSR count). The molecular formula is C23H35N5O4. The topological polar surface area (TPSA) is 104 Å². The maximum absolute atomic E-state index is 12.3. The van der Waals surface area contributed by atoms with E-state index < -0.39 is 0 Å². The molecule has 0 aliphatic carbocycles. The van der Waals surface area contributed by atoms with Gasteiger partial charge in [-0.3, -0.25) is 9.59 Å². The highest BCUT2D eigenvalue weighted by Crippen LogP contribution is 2.32. The largest absolute Gasteiger partial charge is 0.490 e. The van der Waals surface area contributed by atoms with Crippen molar-refractivity contribution in [3.8, 4) is 11.5 Å². The Morgan fingerprint density at radius 2 is 1.78 bits per heavy atom. The lowest BCUT2D eigenvalue weighted by Gasteiger charge is -2.20. The van der Waals surface area contributed by atoms with Crippen LogP contribution in [-0.4, -0.2) is 67.6 Å². The predicted octanol–water partition coefficient (Wildman–Crippen LogP) is 2.13. The number of guanidine groups is 1. The van der Waals surface area contributed by atoms with Crippen LogP contribution >= 0.6 is 0 Å².